The maximum absolute atomic E-state index is 13.4. The number of aromatic nitrogens is 3. The molecule has 2 heterocycles. The van der Waals surface area contributed by atoms with Gasteiger partial charge in [-0.25, -0.2) is 28.3 Å². The number of nitrogens with zero attached hydrogens (tertiary/aromatic N) is 4. The van der Waals surface area contributed by atoms with E-state index in [0.29, 0.717) is 64.3 Å². The molecule has 0 atom stereocenters. The van der Waals surface area contributed by atoms with E-state index in [4.69, 9.17) is 19.3 Å². The number of anilines is 3. The van der Waals surface area contributed by atoms with Crippen LogP contribution in [0.1, 0.15) is 11.3 Å². The van der Waals surface area contributed by atoms with Gasteiger partial charge >= 0.3 is 7.82 Å². The SMILES string of the molecule is COc1cc2c(Nc3ncc(CC(=O)Nc4cc(F)cc(F)c4)s3)ncnc2cc1OCCCN(C)CCOP(=O)(O)O. The molecule has 0 bridgehead atoms. The number of phosphoric ester groups is 1. The number of carbonyl (C=O) groups excluding carboxylic acids is 1. The molecule has 4 N–H and O–H groups in total. The minimum atomic E-state index is -4.48. The van der Waals surface area contributed by atoms with Crippen LogP contribution in [0.2, 0.25) is 0 Å². The van der Waals surface area contributed by atoms with Crippen LogP contribution in [-0.2, 0) is 20.3 Å². The number of phosphoric acid groups is 1. The Kier molecular flexibility index (Phi) is 10.9. The van der Waals surface area contributed by atoms with Crippen molar-refractivity contribution in [2.45, 2.75) is 12.8 Å². The molecule has 230 valence electrons. The number of hydrogen-bond acceptors (Lipinski definition) is 11. The molecule has 17 heteroatoms. The molecule has 0 aliphatic rings. The average molecular weight is 639 g/mol. The highest BCUT2D eigenvalue weighted by Crippen LogP contribution is 2.36. The van der Waals surface area contributed by atoms with Crippen LogP contribution in [0, 0.1) is 11.6 Å². The van der Waals surface area contributed by atoms with Crippen molar-refractivity contribution in [2.75, 3.05) is 51.1 Å². The predicted octanol–water partition coefficient (Wildman–Crippen LogP) is 4.11. The van der Waals surface area contributed by atoms with Crippen LogP contribution in [0.15, 0.2) is 42.9 Å². The molecule has 0 radical (unpaired) electrons. The van der Waals surface area contributed by atoms with Gasteiger partial charge < -0.3 is 34.8 Å². The number of nitrogens with one attached hydrogen (secondary N) is 2. The number of benzene rings is 2. The highest BCUT2D eigenvalue weighted by molar-refractivity contribution is 7.46. The Labute approximate surface area is 249 Å². The molecule has 0 aliphatic carbocycles. The third-order valence-corrected chi connectivity index (χ3v) is 7.29. The number of hydrogen-bond donors (Lipinski definition) is 4. The number of halogens is 2. The summed E-state index contributed by atoms with van der Waals surface area (Å²) >= 11 is 1.22. The Morgan fingerprint density at radius 2 is 1.81 bits per heavy atom. The monoisotopic (exact) mass is 638 g/mol. The molecule has 0 aliphatic heterocycles. The zero-order valence-electron chi connectivity index (χ0n) is 23.1. The summed E-state index contributed by atoms with van der Waals surface area (Å²) in [5, 5.41) is 6.71. The van der Waals surface area contributed by atoms with E-state index in [1.54, 1.807) is 19.2 Å². The average Bonchev–Trinajstić information content (AvgIpc) is 3.35. The van der Waals surface area contributed by atoms with E-state index in [1.807, 2.05) is 4.90 Å². The third kappa shape index (κ3) is 9.88. The first-order chi connectivity index (χ1) is 20.5. The van der Waals surface area contributed by atoms with Crippen molar-refractivity contribution in [3.05, 3.63) is 59.4 Å². The standard InChI is InChI=1S/C26H29F2N6O7PS/c1-34(5-7-41-42(36,37)38)4-3-6-40-23-13-21-20(12-22(23)39-2)25(31-15-30-21)33-26-29-14-19(43-26)11-24(35)32-18-9-16(27)8-17(28)10-18/h8-10,12-15H,3-7,11H2,1-2H3,(H,32,35)(H2,36,37,38)(H,29,30,31,33). The van der Waals surface area contributed by atoms with Gasteiger partial charge in [-0.15, -0.1) is 11.3 Å². The summed E-state index contributed by atoms with van der Waals surface area (Å²) in [6.45, 7) is 1.22. The molecular formula is C26H29F2N6O7PS. The number of carbonyl (C=O) groups is 1. The van der Waals surface area contributed by atoms with E-state index in [-0.39, 0.29) is 18.7 Å². The molecular weight excluding hydrogens is 609 g/mol. The first-order valence-electron chi connectivity index (χ1n) is 12.8. The lowest BCUT2D eigenvalue weighted by molar-refractivity contribution is -0.115. The van der Waals surface area contributed by atoms with Crippen LogP contribution in [-0.4, -0.2) is 76.0 Å². The van der Waals surface area contributed by atoms with Crippen LogP contribution in [0.4, 0.5) is 25.4 Å². The second kappa shape index (κ2) is 14.6. The number of methoxy groups -OCH3 is 1. The fraction of sp³-hybridized carbons (Fsp3) is 0.308. The smallest absolute Gasteiger partial charge is 0.469 e. The normalized spacial score (nSPS) is 11.6. The Morgan fingerprint density at radius 1 is 1.05 bits per heavy atom. The zero-order valence-corrected chi connectivity index (χ0v) is 24.8. The van der Waals surface area contributed by atoms with Gasteiger partial charge in [0.25, 0.3) is 0 Å². The lowest BCUT2D eigenvalue weighted by Crippen LogP contribution is -2.25. The first-order valence-corrected chi connectivity index (χ1v) is 15.2. The van der Waals surface area contributed by atoms with E-state index >= 15 is 0 Å². The number of likely N-dealkylation sites (N-methyl/N-ethyl adjacent to an activating group) is 1. The fourth-order valence-electron chi connectivity index (χ4n) is 3.92. The van der Waals surface area contributed by atoms with Crippen molar-refractivity contribution in [1.82, 2.24) is 19.9 Å². The summed E-state index contributed by atoms with van der Waals surface area (Å²) in [7, 11) is -1.17. The van der Waals surface area contributed by atoms with Crippen LogP contribution in [0.5, 0.6) is 11.5 Å². The molecule has 0 saturated heterocycles. The highest BCUT2D eigenvalue weighted by Gasteiger charge is 2.16. The van der Waals surface area contributed by atoms with Crippen molar-refractivity contribution < 1.29 is 41.9 Å². The lowest BCUT2D eigenvalue weighted by atomic mass is 10.2. The molecule has 2 aromatic carbocycles. The molecule has 0 fully saturated rings. The Morgan fingerprint density at radius 3 is 2.53 bits per heavy atom. The van der Waals surface area contributed by atoms with Crippen molar-refractivity contribution >= 4 is 52.6 Å². The number of rotatable bonds is 15. The van der Waals surface area contributed by atoms with Crippen molar-refractivity contribution in [1.29, 1.82) is 0 Å². The van der Waals surface area contributed by atoms with E-state index in [9.17, 15) is 18.1 Å². The molecule has 4 rings (SSSR count). The number of amides is 1. The van der Waals surface area contributed by atoms with Crippen molar-refractivity contribution in [3.8, 4) is 11.5 Å². The van der Waals surface area contributed by atoms with Gasteiger partial charge in [-0.1, -0.05) is 0 Å². The van der Waals surface area contributed by atoms with E-state index in [0.717, 1.165) is 18.2 Å². The molecule has 13 nitrogen and oxygen atoms in total. The van der Waals surface area contributed by atoms with Gasteiger partial charge in [0.1, 0.15) is 23.8 Å². The van der Waals surface area contributed by atoms with Gasteiger partial charge in [-0.3, -0.25) is 9.32 Å². The maximum Gasteiger partial charge on any atom is 0.469 e. The largest absolute Gasteiger partial charge is 0.493 e. The van der Waals surface area contributed by atoms with Gasteiger partial charge in [0.15, 0.2) is 16.6 Å². The Balaban J connectivity index is 1.35. The zero-order chi connectivity index (χ0) is 31.0. The molecule has 0 unspecified atom stereocenters. The van der Waals surface area contributed by atoms with Gasteiger partial charge in [0.2, 0.25) is 5.91 Å². The van der Waals surface area contributed by atoms with Crippen LogP contribution in [0.3, 0.4) is 0 Å². The minimum absolute atomic E-state index is 0.0219. The number of fused-ring (bicyclic) bond motifs is 1. The fourth-order valence-corrected chi connectivity index (χ4v) is 5.05. The van der Waals surface area contributed by atoms with Crippen LogP contribution >= 0.6 is 19.2 Å². The van der Waals surface area contributed by atoms with Crippen molar-refractivity contribution in [3.63, 3.8) is 0 Å². The van der Waals surface area contributed by atoms with Gasteiger partial charge in [0.05, 0.1) is 32.3 Å². The molecule has 4 aromatic rings. The van der Waals surface area contributed by atoms with Crippen LogP contribution < -0.4 is 20.1 Å². The summed E-state index contributed by atoms with van der Waals surface area (Å²) in [6, 6.07) is 6.24. The second-order valence-corrected chi connectivity index (χ2v) is 11.6. The summed E-state index contributed by atoms with van der Waals surface area (Å²) in [5.74, 6) is -0.643. The second-order valence-electron chi connectivity index (χ2n) is 9.21. The molecule has 0 spiro atoms. The lowest BCUT2D eigenvalue weighted by Gasteiger charge is -2.17. The number of thiazole rings is 1. The summed E-state index contributed by atoms with van der Waals surface area (Å²) in [4.78, 5) is 45.3. The van der Waals surface area contributed by atoms with Crippen LogP contribution in [0.25, 0.3) is 10.9 Å². The van der Waals surface area contributed by atoms with Gasteiger partial charge in [0, 0.05) is 47.4 Å². The summed E-state index contributed by atoms with van der Waals surface area (Å²) in [5.41, 5.74) is 0.604. The first kappa shape index (κ1) is 32.1. The molecule has 1 amide bonds. The van der Waals surface area contributed by atoms with E-state index in [1.165, 1.54) is 31.0 Å². The quantitative estimate of drug-likeness (QED) is 0.109. The predicted molar refractivity (Wildman–Crippen MR) is 156 cm³/mol. The minimum Gasteiger partial charge on any atom is -0.493 e. The number of ether oxygens (including phenoxy) is 2. The third-order valence-electron chi connectivity index (χ3n) is 5.85. The van der Waals surface area contributed by atoms with Crippen molar-refractivity contribution in [2.24, 2.45) is 0 Å². The summed E-state index contributed by atoms with van der Waals surface area (Å²) in [6.07, 6.45) is 3.49. The molecule has 0 saturated carbocycles. The van der Waals surface area contributed by atoms with E-state index < -0.39 is 25.4 Å². The molecule has 43 heavy (non-hydrogen) atoms. The summed E-state index contributed by atoms with van der Waals surface area (Å²) < 4.78 is 53.5. The highest BCUT2D eigenvalue weighted by atomic mass is 32.1. The Bertz CT molecular complexity index is 1600. The van der Waals surface area contributed by atoms with Gasteiger partial charge in [-0.05, 0) is 31.7 Å². The van der Waals surface area contributed by atoms with Gasteiger partial charge in [-0.2, -0.15) is 0 Å². The maximum atomic E-state index is 13.4. The van der Waals surface area contributed by atoms with E-state index in [2.05, 4.69) is 30.1 Å². The molecule has 2 aromatic heterocycles. The Hall–Kier alpha value is -3.79. The topological polar surface area (TPSA) is 168 Å².